The summed E-state index contributed by atoms with van der Waals surface area (Å²) < 4.78 is 2.29. The molecule has 0 spiro atoms. The zero-order valence-electron chi connectivity index (χ0n) is 10.6. The molecule has 0 bridgehead atoms. The van der Waals surface area contributed by atoms with E-state index < -0.39 is 0 Å². The first-order valence-corrected chi connectivity index (χ1v) is 6.53. The van der Waals surface area contributed by atoms with Crippen LogP contribution in [0.15, 0.2) is 24.3 Å². The number of rotatable bonds is 3. The number of aromatic nitrogens is 1. The Kier molecular flexibility index (Phi) is 2.78. The van der Waals surface area contributed by atoms with Crippen molar-refractivity contribution in [1.82, 2.24) is 4.57 Å². The molecule has 92 valence electrons. The molecule has 0 saturated heterocycles. The van der Waals surface area contributed by atoms with Gasteiger partial charge >= 0.3 is 0 Å². The lowest BCUT2D eigenvalue weighted by Gasteiger charge is -2.10. The lowest BCUT2D eigenvalue weighted by Crippen LogP contribution is -2.03. The molecule has 1 aromatic heterocycles. The van der Waals surface area contributed by atoms with Crippen LogP contribution in [0.3, 0.4) is 0 Å². The highest BCUT2D eigenvalue weighted by Crippen LogP contribution is 2.32. The van der Waals surface area contributed by atoms with Crippen LogP contribution in [0, 0.1) is 6.92 Å². The normalized spacial score (nSPS) is 13.8. The van der Waals surface area contributed by atoms with Gasteiger partial charge in [0.25, 0.3) is 0 Å². The second-order valence-electron chi connectivity index (χ2n) is 4.93. The van der Waals surface area contributed by atoms with E-state index in [0.29, 0.717) is 6.42 Å². The topological polar surface area (TPSA) is 22.0 Å². The van der Waals surface area contributed by atoms with Crippen molar-refractivity contribution < 1.29 is 4.79 Å². The van der Waals surface area contributed by atoms with Gasteiger partial charge < -0.3 is 9.36 Å². The number of nitrogens with zero attached hydrogens (tertiary/aromatic N) is 1. The molecule has 0 saturated carbocycles. The molecule has 0 aliphatic heterocycles. The molecule has 0 radical (unpaired) electrons. The van der Waals surface area contributed by atoms with Crippen molar-refractivity contribution in [3.63, 3.8) is 0 Å². The van der Waals surface area contributed by atoms with E-state index in [4.69, 9.17) is 0 Å². The second kappa shape index (κ2) is 4.45. The highest BCUT2D eigenvalue weighted by Gasteiger charge is 2.16. The Morgan fingerprint density at radius 2 is 2.28 bits per heavy atom. The van der Waals surface area contributed by atoms with E-state index in [2.05, 4.69) is 41.8 Å². The van der Waals surface area contributed by atoms with Gasteiger partial charge in [0.2, 0.25) is 0 Å². The van der Waals surface area contributed by atoms with E-state index in [-0.39, 0.29) is 0 Å². The fourth-order valence-electron chi connectivity index (χ4n) is 2.86. The van der Waals surface area contributed by atoms with Gasteiger partial charge in [0.1, 0.15) is 6.29 Å². The van der Waals surface area contributed by atoms with Gasteiger partial charge in [-0.1, -0.05) is 17.7 Å². The summed E-state index contributed by atoms with van der Waals surface area (Å²) in [5.74, 6) is 0. The summed E-state index contributed by atoms with van der Waals surface area (Å²) in [6.07, 6.45) is 8.24. The Morgan fingerprint density at radius 1 is 1.39 bits per heavy atom. The SMILES string of the molecule is Cc1ccc2c(c1)c1c(n2CCC=O)C=CCC1. The van der Waals surface area contributed by atoms with Gasteiger partial charge in [-0.2, -0.15) is 0 Å². The second-order valence-corrected chi connectivity index (χ2v) is 4.93. The van der Waals surface area contributed by atoms with Gasteiger partial charge in [-0.25, -0.2) is 0 Å². The van der Waals surface area contributed by atoms with Crippen LogP contribution in [-0.2, 0) is 17.8 Å². The zero-order chi connectivity index (χ0) is 12.5. The van der Waals surface area contributed by atoms with Crippen molar-refractivity contribution in [3.05, 3.63) is 41.1 Å². The van der Waals surface area contributed by atoms with Gasteiger partial charge in [-0.3, -0.25) is 0 Å². The standard InChI is InChI=1S/C16H17NO/c1-12-7-8-16-14(11-12)13-5-2-3-6-15(13)17(16)9-4-10-18/h3,6-8,10-11H,2,4-5,9H2,1H3. The Hall–Kier alpha value is -1.83. The number of aryl methyl sites for hydroxylation is 3. The number of carbonyl (C=O) groups is 1. The maximum atomic E-state index is 10.6. The van der Waals surface area contributed by atoms with Crippen LogP contribution in [0.1, 0.15) is 29.7 Å². The Bertz CT molecular complexity index is 634. The van der Waals surface area contributed by atoms with Crippen LogP contribution >= 0.6 is 0 Å². The van der Waals surface area contributed by atoms with Crippen molar-refractivity contribution in [2.24, 2.45) is 0 Å². The van der Waals surface area contributed by atoms with Crippen molar-refractivity contribution >= 4 is 23.3 Å². The van der Waals surface area contributed by atoms with Crippen LogP contribution in [0.25, 0.3) is 17.0 Å². The van der Waals surface area contributed by atoms with Gasteiger partial charge in [-0.15, -0.1) is 0 Å². The summed E-state index contributed by atoms with van der Waals surface area (Å²) in [5, 5.41) is 1.36. The number of benzene rings is 1. The predicted molar refractivity (Wildman–Crippen MR) is 74.7 cm³/mol. The first-order valence-electron chi connectivity index (χ1n) is 6.53. The van der Waals surface area contributed by atoms with E-state index in [1.165, 1.54) is 27.7 Å². The minimum Gasteiger partial charge on any atom is -0.340 e. The maximum absolute atomic E-state index is 10.6. The molecule has 1 aliphatic rings. The van der Waals surface area contributed by atoms with Crippen LogP contribution in [-0.4, -0.2) is 10.9 Å². The number of carbonyl (C=O) groups excluding carboxylic acids is 1. The number of hydrogen-bond acceptors (Lipinski definition) is 1. The predicted octanol–water partition coefficient (Wildman–Crippen LogP) is 3.50. The third kappa shape index (κ3) is 1.69. The summed E-state index contributed by atoms with van der Waals surface area (Å²) in [4.78, 5) is 10.6. The number of allylic oxidation sites excluding steroid dienone is 1. The van der Waals surface area contributed by atoms with Crippen molar-refractivity contribution in [3.8, 4) is 0 Å². The highest BCUT2D eigenvalue weighted by molar-refractivity contribution is 5.89. The minimum absolute atomic E-state index is 0.581. The fraction of sp³-hybridized carbons (Fsp3) is 0.312. The number of aldehydes is 1. The van der Waals surface area contributed by atoms with Crippen LogP contribution in [0.2, 0.25) is 0 Å². The van der Waals surface area contributed by atoms with Crippen LogP contribution in [0.5, 0.6) is 0 Å². The molecule has 1 heterocycles. The third-order valence-electron chi connectivity index (χ3n) is 3.68. The summed E-state index contributed by atoms with van der Waals surface area (Å²) in [6.45, 7) is 2.91. The molecule has 1 aromatic carbocycles. The molecular weight excluding hydrogens is 222 g/mol. The number of hydrogen-bond donors (Lipinski definition) is 0. The molecular formula is C16H17NO. The number of fused-ring (bicyclic) bond motifs is 3. The fourth-order valence-corrected chi connectivity index (χ4v) is 2.86. The quantitative estimate of drug-likeness (QED) is 0.751. The minimum atomic E-state index is 0.581. The first kappa shape index (κ1) is 11.3. The smallest absolute Gasteiger partial charge is 0.121 e. The Morgan fingerprint density at radius 3 is 3.11 bits per heavy atom. The molecule has 2 aromatic rings. The van der Waals surface area contributed by atoms with Gasteiger partial charge in [0.15, 0.2) is 0 Å². The highest BCUT2D eigenvalue weighted by atomic mass is 16.1. The van der Waals surface area contributed by atoms with Crippen molar-refractivity contribution in [2.75, 3.05) is 0 Å². The Balaban J connectivity index is 2.26. The summed E-state index contributed by atoms with van der Waals surface area (Å²) in [7, 11) is 0. The molecule has 3 rings (SSSR count). The van der Waals surface area contributed by atoms with Crippen LogP contribution < -0.4 is 0 Å². The molecule has 2 nitrogen and oxygen atoms in total. The molecule has 0 amide bonds. The first-order chi connectivity index (χ1) is 8.81. The Labute approximate surface area is 107 Å². The molecule has 0 N–H and O–H groups in total. The summed E-state index contributed by atoms with van der Waals surface area (Å²) in [5.41, 5.74) is 5.30. The van der Waals surface area contributed by atoms with E-state index >= 15 is 0 Å². The monoisotopic (exact) mass is 239 g/mol. The van der Waals surface area contributed by atoms with E-state index in [0.717, 1.165) is 25.7 Å². The summed E-state index contributed by atoms with van der Waals surface area (Å²) >= 11 is 0. The van der Waals surface area contributed by atoms with Gasteiger partial charge in [0, 0.05) is 29.6 Å². The van der Waals surface area contributed by atoms with E-state index in [1.807, 2.05) is 0 Å². The molecule has 1 aliphatic carbocycles. The zero-order valence-corrected chi connectivity index (χ0v) is 10.6. The average Bonchev–Trinajstić information content (AvgIpc) is 2.70. The van der Waals surface area contributed by atoms with E-state index in [9.17, 15) is 4.79 Å². The maximum Gasteiger partial charge on any atom is 0.121 e. The summed E-state index contributed by atoms with van der Waals surface area (Å²) in [6, 6.07) is 6.60. The largest absolute Gasteiger partial charge is 0.340 e. The average molecular weight is 239 g/mol. The van der Waals surface area contributed by atoms with E-state index in [1.54, 1.807) is 0 Å². The lowest BCUT2D eigenvalue weighted by atomic mass is 10.00. The van der Waals surface area contributed by atoms with Gasteiger partial charge in [-0.05, 0) is 43.5 Å². The van der Waals surface area contributed by atoms with Crippen molar-refractivity contribution in [2.45, 2.75) is 32.7 Å². The van der Waals surface area contributed by atoms with Crippen molar-refractivity contribution in [1.29, 1.82) is 0 Å². The molecule has 2 heteroatoms. The molecule has 0 unspecified atom stereocenters. The lowest BCUT2D eigenvalue weighted by molar-refractivity contribution is -0.108. The molecule has 0 fully saturated rings. The van der Waals surface area contributed by atoms with Crippen LogP contribution in [0.4, 0.5) is 0 Å². The third-order valence-corrected chi connectivity index (χ3v) is 3.68. The molecule has 18 heavy (non-hydrogen) atoms. The van der Waals surface area contributed by atoms with Gasteiger partial charge in [0.05, 0.1) is 0 Å². The molecule has 0 atom stereocenters.